The van der Waals surface area contributed by atoms with Gasteiger partial charge in [0.15, 0.2) is 5.11 Å². The number of pyridine rings is 1. The van der Waals surface area contributed by atoms with Gasteiger partial charge in [0.05, 0.1) is 23.6 Å². The monoisotopic (exact) mass is 464 g/mol. The summed E-state index contributed by atoms with van der Waals surface area (Å²) >= 11 is 5.60. The number of aromatic nitrogens is 2. The molecule has 1 N–H and O–H groups in total. The number of hydrogen-bond acceptors (Lipinski definition) is 7. The lowest BCUT2D eigenvalue weighted by atomic mass is 10.1. The summed E-state index contributed by atoms with van der Waals surface area (Å²) in [6, 6.07) is 7.67. The molecule has 0 spiro atoms. The Morgan fingerprint density at radius 2 is 2.12 bits per heavy atom. The van der Waals surface area contributed by atoms with Crippen LogP contribution in [0.4, 0.5) is 21.8 Å². The molecule has 2 amide bonds. The number of amides is 2. The summed E-state index contributed by atoms with van der Waals surface area (Å²) < 4.78 is 19.8. The highest BCUT2D eigenvalue weighted by Crippen LogP contribution is 2.27. The summed E-state index contributed by atoms with van der Waals surface area (Å²) in [4.78, 5) is 36.0. The summed E-state index contributed by atoms with van der Waals surface area (Å²) in [5.41, 5.74) is 1.48. The minimum Gasteiger partial charge on any atom is -0.432 e. The van der Waals surface area contributed by atoms with Crippen molar-refractivity contribution in [3.05, 3.63) is 65.6 Å². The SMILES string of the molecule is Cc1cc(N2C(=O)CCCN(c3ccc(C(=O)Nc4ncco4)c(F)c3)C2=S)cnc1C#N. The number of nitrogens with one attached hydrogen (secondary N) is 1. The van der Waals surface area contributed by atoms with E-state index in [-0.39, 0.29) is 34.7 Å². The van der Waals surface area contributed by atoms with E-state index in [2.05, 4.69) is 15.3 Å². The second kappa shape index (κ2) is 9.13. The molecule has 0 radical (unpaired) electrons. The third-order valence-electron chi connectivity index (χ3n) is 5.03. The predicted molar refractivity (Wildman–Crippen MR) is 121 cm³/mol. The number of anilines is 3. The van der Waals surface area contributed by atoms with Crippen LogP contribution in [0, 0.1) is 24.1 Å². The fourth-order valence-corrected chi connectivity index (χ4v) is 3.83. The van der Waals surface area contributed by atoms with Crippen molar-refractivity contribution in [1.82, 2.24) is 9.97 Å². The molecule has 2 aromatic heterocycles. The molecule has 1 fully saturated rings. The van der Waals surface area contributed by atoms with Gasteiger partial charge in [0.2, 0.25) is 5.91 Å². The maximum Gasteiger partial charge on any atom is 0.301 e. The first-order valence-corrected chi connectivity index (χ1v) is 10.3. The lowest BCUT2D eigenvalue weighted by Gasteiger charge is -2.29. The molecular weight excluding hydrogens is 447 g/mol. The average Bonchev–Trinajstić information content (AvgIpc) is 3.24. The molecule has 3 aromatic rings. The van der Waals surface area contributed by atoms with E-state index in [9.17, 15) is 14.0 Å². The Morgan fingerprint density at radius 3 is 2.79 bits per heavy atom. The van der Waals surface area contributed by atoms with E-state index < -0.39 is 11.7 Å². The van der Waals surface area contributed by atoms with Crippen molar-refractivity contribution in [2.45, 2.75) is 19.8 Å². The van der Waals surface area contributed by atoms with Crippen molar-refractivity contribution in [2.24, 2.45) is 0 Å². The number of rotatable bonds is 4. The van der Waals surface area contributed by atoms with Gasteiger partial charge in [0.25, 0.3) is 5.91 Å². The number of aryl methyl sites for hydroxylation is 1. The van der Waals surface area contributed by atoms with E-state index in [4.69, 9.17) is 21.9 Å². The molecule has 0 atom stereocenters. The first-order chi connectivity index (χ1) is 15.9. The van der Waals surface area contributed by atoms with Gasteiger partial charge in [-0.15, -0.1) is 0 Å². The summed E-state index contributed by atoms with van der Waals surface area (Å²) in [5.74, 6) is -1.70. The van der Waals surface area contributed by atoms with Crippen molar-refractivity contribution >= 4 is 46.5 Å². The smallest absolute Gasteiger partial charge is 0.301 e. The quantitative estimate of drug-likeness (QED) is 0.583. The lowest BCUT2D eigenvalue weighted by Crippen LogP contribution is -2.44. The van der Waals surface area contributed by atoms with Gasteiger partial charge in [-0.1, -0.05) is 0 Å². The van der Waals surface area contributed by atoms with E-state index in [0.717, 1.165) is 0 Å². The number of nitriles is 1. The average molecular weight is 464 g/mol. The van der Waals surface area contributed by atoms with E-state index in [1.54, 1.807) is 24.0 Å². The molecule has 11 heteroatoms. The first-order valence-electron chi connectivity index (χ1n) is 9.90. The van der Waals surface area contributed by atoms with Crippen LogP contribution in [0.3, 0.4) is 0 Å². The van der Waals surface area contributed by atoms with Crippen LogP contribution in [0.15, 0.2) is 47.3 Å². The molecule has 0 aliphatic carbocycles. The van der Waals surface area contributed by atoms with Crippen LogP contribution in [0.2, 0.25) is 0 Å². The maximum absolute atomic E-state index is 14.8. The third kappa shape index (κ3) is 4.42. The topological polar surface area (TPSA) is 115 Å². The summed E-state index contributed by atoms with van der Waals surface area (Å²) in [6.45, 7) is 2.10. The molecule has 0 unspecified atom stereocenters. The van der Waals surface area contributed by atoms with Crippen molar-refractivity contribution in [3.8, 4) is 6.07 Å². The lowest BCUT2D eigenvalue weighted by molar-refractivity contribution is -0.117. The molecule has 3 heterocycles. The molecule has 1 saturated heterocycles. The maximum atomic E-state index is 14.8. The standard InChI is InChI=1S/C22H17FN6O3S/c1-13-9-15(12-26-18(13)11-24)29-19(30)3-2-7-28(22(29)33)14-4-5-16(17(23)10-14)20(31)27-21-25-6-8-32-21/h4-6,8-10,12H,2-3,7H2,1H3,(H,25,27,31). The first kappa shape index (κ1) is 22.0. The number of benzene rings is 1. The van der Waals surface area contributed by atoms with E-state index in [1.807, 2.05) is 6.07 Å². The molecular formula is C22H17FN6O3S. The van der Waals surface area contributed by atoms with Gasteiger partial charge in [-0.25, -0.2) is 14.4 Å². The number of hydrogen-bond donors (Lipinski definition) is 1. The molecule has 0 saturated carbocycles. The van der Waals surface area contributed by atoms with Gasteiger partial charge in [-0.05, 0) is 55.4 Å². The van der Waals surface area contributed by atoms with Crippen LogP contribution in [0.25, 0.3) is 0 Å². The van der Waals surface area contributed by atoms with Crippen molar-refractivity contribution in [3.63, 3.8) is 0 Å². The Hall–Kier alpha value is -4.17. The Morgan fingerprint density at radius 1 is 1.30 bits per heavy atom. The number of oxazole rings is 1. The highest BCUT2D eigenvalue weighted by Gasteiger charge is 2.30. The summed E-state index contributed by atoms with van der Waals surface area (Å²) in [6.07, 6.45) is 4.78. The van der Waals surface area contributed by atoms with E-state index in [0.29, 0.717) is 29.9 Å². The highest BCUT2D eigenvalue weighted by atomic mass is 32.1. The summed E-state index contributed by atoms with van der Waals surface area (Å²) in [7, 11) is 0. The third-order valence-corrected chi connectivity index (χ3v) is 5.44. The minimum absolute atomic E-state index is 0.0438. The second-order valence-electron chi connectivity index (χ2n) is 7.19. The van der Waals surface area contributed by atoms with Gasteiger partial charge < -0.3 is 9.32 Å². The molecule has 166 valence electrons. The predicted octanol–water partition coefficient (Wildman–Crippen LogP) is 3.56. The minimum atomic E-state index is -0.766. The van der Waals surface area contributed by atoms with Gasteiger partial charge in [0, 0.05) is 18.7 Å². The number of carbonyl (C=O) groups is 2. The van der Waals surface area contributed by atoms with Crippen LogP contribution in [0.1, 0.15) is 34.5 Å². The zero-order chi connectivity index (χ0) is 23.5. The van der Waals surface area contributed by atoms with Crippen LogP contribution >= 0.6 is 12.2 Å². The van der Waals surface area contributed by atoms with Crippen molar-refractivity contribution < 1.29 is 18.4 Å². The van der Waals surface area contributed by atoms with Gasteiger partial charge in [-0.2, -0.15) is 5.26 Å². The Labute approximate surface area is 193 Å². The van der Waals surface area contributed by atoms with E-state index >= 15 is 0 Å². The zero-order valence-electron chi connectivity index (χ0n) is 17.4. The van der Waals surface area contributed by atoms with E-state index in [1.165, 1.54) is 35.7 Å². The summed E-state index contributed by atoms with van der Waals surface area (Å²) in [5, 5.41) is 11.6. The fraction of sp³-hybridized carbons (Fsp3) is 0.182. The molecule has 1 aromatic carbocycles. The van der Waals surface area contributed by atoms with Crippen LogP contribution in [-0.2, 0) is 4.79 Å². The zero-order valence-corrected chi connectivity index (χ0v) is 18.2. The Balaban J connectivity index is 1.63. The Kier molecular flexibility index (Phi) is 6.10. The molecule has 0 bridgehead atoms. The highest BCUT2D eigenvalue weighted by molar-refractivity contribution is 7.81. The molecule has 4 rings (SSSR count). The van der Waals surface area contributed by atoms with Gasteiger partial charge in [0.1, 0.15) is 23.8 Å². The number of halogens is 1. The number of nitrogens with zero attached hydrogens (tertiary/aromatic N) is 5. The van der Waals surface area contributed by atoms with Crippen LogP contribution in [-0.4, -0.2) is 33.4 Å². The van der Waals surface area contributed by atoms with Crippen LogP contribution < -0.4 is 15.1 Å². The van der Waals surface area contributed by atoms with Crippen LogP contribution in [0.5, 0.6) is 0 Å². The molecule has 33 heavy (non-hydrogen) atoms. The normalized spacial score (nSPS) is 14.1. The molecule has 1 aliphatic heterocycles. The number of carbonyl (C=O) groups excluding carboxylic acids is 2. The van der Waals surface area contributed by atoms with Crippen molar-refractivity contribution in [1.29, 1.82) is 5.26 Å². The molecule has 9 nitrogen and oxygen atoms in total. The van der Waals surface area contributed by atoms with Gasteiger partial charge >= 0.3 is 6.01 Å². The molecule has 1 aliphatic rings. The largest absolute Gasteiger partial charge is 0.432 e. The van der Waals surface area contributed by atoms with Gasteiger partial charge in [-0.3, -0.25) is 19.8 Å². The fourth-order valence-electron chi connectivity index (χ4n) is 3.42. The number of thiocarbonyl (C=S) groups is 1. The van der Waals surface area contributed by atoms with Crippen molar-refractivity contribution in [2.75, 3.05) is 21.7 Å². The second-order valence-corrected chi connectivity index (χ2v) is 7.56. The Bertz CT molecular complexity index is 1290.